The van der Waals surface area contributed by atoms with Gasteiger partial charge in [-0.3, -0.25) is 4.90 Å². The maximum Gasteiger partial charge on any atom is 0.415 e. The summed E-state index contributed by atoms with van der Waals surface area (Å²) in [5.74, 6) is 1.40. The highest BCUT2D eigenvalue weighted by Gasteiger charge is 2.38. The summed E-state index contributed by atoms with van der Waals surface area (Å²) < 4.78 is 11.0. The van der Waals surface area contributed by atoms with Crippen LogP contribution >= 0.6 is 11.6 Å². The van der Waals surface area contributed by atoms with Crippen LogP contribution in [0.4, 0.5) is 10.5 Å². The van der Waals surface area contributed by atoms with E-state index < -0.39 is 5.60 Å². The largest absolute Gasteiger partial charge is 0.457 e. The van der Waals surface area contributed by atoms with Crippen LogP contribution in [0.5, 0.6) is 11.5 Å². The van der Waals surface area contributed by atoms with Crippen molar-refractivity contribution in [3.63, 3.8) is 0 Å². The molecule has 2 aromatic carbocycles. The van der Waals surface area contributed by atoms with Crippen molar-refractivity contribution in [3.05, 3.63) is 53.6 Å². The molecule has 4 nitrogen and oxygen atoms in total. The lowest BCUT2D eigenvalue weighted by Crippen LogP contribution is -2.28. The van der Waals surface area contributed by atoms with Crippen molar-refractivity contribution in [1.29, 1.82) is 0 Å². The number of anilines is 1. The van der Waals surface area contributed by atoms with Gasteiger partial charge in [0.1, 0.15) is 17.1 Å². The highest BCUT2D eigenvalue weighted by atomic mass is 35.5. The molecular weight excluding hydrogens is 302 g/mol. The Balaban J connectivity index is 1.73. The molecule has 0 aliphatic carbocycles. The standard InChI is InChI=1S/C17H16ClNO3/c1-17(2)11-19(16(20)22-17)13-5-9-15(10-6-13)21-14-7-3-12(18)4-8-14/h3-10H,11H2,1-2H3. The van der Waals surface area contributed by atoms with E-state index >= 15 is 0 Å². The van der Waals surface area contributed by atoms with Gasteiger partial charge in [-0.25, -0.2) is 4.79 Å². The molecule has 0 radical (unpaired) electrons. The molecule has 0 atom stereocenters. The fourth-order valence-corrected chi connectivity index (χ4v) is 2.42. The van der Waals surface area contributed by atoms with E-state index in [4.69, 9.17) is 21.1 Å². The van der Waals surface area contributed by atoms with Gasteiger partial charge >= 0.3 is 6.09 Å². The highest BCUT2D eigenvalue weighted by molar-refractivity contribution is 6.30. The molecule has 0 spiro atoms. The second-order valence-corrected chi connectivity index (χ2v) is 6.20. The zero-order valence-electron chi connectivity index (χ0n) is 12.4. The zero-order chi connectivity index (χ0) is 15.7. The van der Waals surface area contributed by atoms with Crippen LogP contribution in [0.2, 0.25) is 5.02 Å². The number of amides is 1. The lowest BCUT2D eigenvalue weighted by molar-refractivity contribution is 0.0871. The van der Waals surface area contributed by atoms with Gasteiger partial charge in [0.2, 0.25) is 0 Å². The molecule has 5 heteroatoms. The number of hydrogen-bond donors (Lipinski definition) is 0. The molecule has 2 aromatic rings. The Morgan fingerprint density at radius 2 is 1.59 bits per heavy atom. The van der Waals surface area contributed by atoms with Gasteiger partial charge in [0.15, 0.2) is 0 Å². The topological polar surface area (TPSA) is 38.8 Å². The predicted octanol–water partition coefficient (Wildman–Crippen LogP) is 4.87. The molecule has 1 fully saturated rings. The van der Waals surface area contributed by atoms with Crippen molar-refractivity contribution in [2.45, 2.75) is 19.4 Å². The molecule has 1 aliphatic rings. The summed E-state index contributed by atoms with van der Waals surface area (Å²) in [5.41, 5.74) is 0.328. The number of hydrogen-bond acceptors (Lipinski definition) is 3. The monoisotopic (exact) mass is 317 g/mol. The minimum Gasteiger partial charge on any atom is -0.457 e. The Morgan fingerprint density at radius 3 is 2.09 bits per heavy atom. The first-order chi connectivity index (χ1) is 10.4. The van der Waals surface area contributed by atoms with Gasteiger partial charge in [0, 0.05) is 10.7 Å². The SMILES string of the molecule is CC1(C)CN(c2ccc(Oc3ccc(Cl)cc3)cc2)C(=O)O1. The second kappa shape index (κ2) is 5.54. The van der Waals surface area contributed by atoms with Gasteiger partial charge in [-0.1, -0.05) is 11.6 Å². The first kappa shape index (κ1) is 14.7. The number of carbonyl (C=O) groups excluding carboxylic acids is 1. The molecule has 1 aliphatic heterocycles. The summed E-state index contributed by atoms with van der Waals surface area (Å²) in [6, 6.07) is 14.5. The lowest BCUT2D eigenvalue weighted by Gasteiger charge is -2.16. The number of ether oxygens (including phenoxy) is 2. The number of rotatable bonds is 3. The summed E-state index contributed by atoms with van der Waals surface area (Å²) in [4.78, 5) is 13.5. The third kappa shape index (κ3) is 3.17. The van der Waals surface area contributed by atoms with Crippen molar-refractivity contribution >= 4 is 23.4 Å². The summed E-state index contributed by atoms with van der Waals surface area (Å²) in [5, 5.41) is 0.665. The minimum atomic E-state index is -0.463. The first-order valence-electron chi connectivity index (χ1n) is 6.97. The minimum absolute atomic E-state index is 0.323. The van der Waals surface area contributed by atoms with Gasteiger partial charge in [0.05, 0.1) is 6.54 Å². The Hall–Kier alpha value is -2.20. The van der Waals surface area contributed by atoms with Crippen LogP contribution in [0.1, 0.15) is 13.8 Å². The van der Waals surface area contributed by atoms with Gasteiger partial charge in [0.25, 0.3) is 0 Å². The van der Waals surface area contributed by atoms with Crippen molar-refractivity contribution in [2.75, 3.05) is 11.4 Å². The van der Waals surface area contributed by atoms with Crippen molar-refractivity contribution < 1.29 is 14.3 Å². The molecule has 0 aromatic heterocycles. The molecule has 0 unspecified atom stereocenters. The van der Waals surface area contributed by atoms with E-state index in [1.807, 2.05) is 38.1 Å². The molecule has 0 bridgehead atoms. The maximum atomic E-state index is 11.9. The van der Waals surface area contributed by atoms with Crippen LogP contribution < -0.4 is 9.64 Å². The molecule has 1 saturated heterocycles. The van der Waals surface area contributed by atoms with Gasteiger partial charge in [-0.05, 0) is 62.4 Å². The third-order valence-electron chi connectivity index (χ3n) is 3.32. The normalized spacial score (nSPS) is 16.5. The molecule has 114 valence electrons. The first-order valence-corrected chi connectivity index (χ1v) is 7.35. The van der Waals surface area contributed by atoms with Crippen LogP contribution in [-0.4, -0.2) is 18.2 Å². The van der Waals surface area contributed by atoms with E-state index in [9.17, 15) is 4.79 Å². The predicted molar refractivity (Wildman–Crippen MR) is 85.9 cm³/mol. The smallest absolute Gasteiger partial charge is 0.415 e. The van der Waals surface area contributed by atoms with Crippen LogP contribution in [0.15, 0.2) is 48.5 Å². The van der Waals surface area contributed by atoms with E-state index in [1.165, 1.54) is 0 Å². The summed E-state index contributed by atoms with van der Waals surface area (Å²) in [6.45, 7) is 4.31. The zero-order valence-corrected chi connectivity index (χ0v) is 13.1. The lowest BCUT2D eigenvalue weighted by atomic mass is 10.1. The summed E-state index contributed by atoms with van der Waals surface area (Å²) in [6.07, 6.45) is -0.323. The fraction of sp³-hybridized carbons (Fsp3) is 0.235. The van der Waals surface area contributed by atoms with Gasteiger partial charge < -0.3 is 9.47 Å². The van der Waals surface area contributed by atoms with Crippen LogP contribution in [0.25, 0.3) is 0 Å². The number of halogens is 1. The van der Waals surface area contributed by atoms with E-state index in [1.54, 1.807) is 29.2 Å². The Morgan fingerprint density at radius 1 is 1.05 bits per heavy atom. The second-order valence-electron chi connectivity index (χ2n) is 5.76. The molecule has 22 heavy (non-hydrogen) atoms. The van der Waals surface area contributed by atoms with E-state index in [2.05, 4.69) is 0 Å². The fourth-order valence-electron chi connectivity index (χ4n) is 2.30. The Kier molecular flexibility index (Phi) is 3.71. The number of cyclic esters (lactones) is 1. The molecule has 3 rings (SSSR count). The Labute approximate surface area is 134 Å². The van der Waals surface area contributed by atoms with Gasteiger partial charge in [-0.2, -0.15) is 0 Å². The number of carbonyl (C=O) groups is 1. The molecule has 0 saturated carbocycles. The van der Waals surface area contributed by atoms with Crippen molar-refractivity contribution in [2.24, 2.45) is 0 Å². The number of nitrogens with zero attached hydrogens (tertiary/aromatic N) is 1. The highest BCUT2D eigenvalue weighted by Crippen LogP contribution is 2.30. The maximum absolute atomic E-state index is 11.9. The van der Waals surface area contributed by atoms with E-state index in [0.29, 0.717) is 23.1 Å². The average molecular weight is 318 g/mol. The van der Waals surface area contributed by atoms with Crippen molar-refractivity contribution in [3.8, 4) is 11.5 Å². The quantitative estimate of drug-likeness (QED) is 0.810. The Bertz CT molecular complexity index is 680. The average Bonchev–Trinajstić information content (AvgIpc) is 2.75. The summed E-state index contributed by atoms with van der Waals surface area (Å²) in [7, 11) is 0. The summed E-state index contributed by atoms with van der Waals surface area (Å²) >= 11 is 5.84. The van der Waals surface area contributed by atoms with E-state index in [0.717, 1.165) is 5.69 Å². The van der Waals surface area contributed by atoms with Crippen LogP contribution in [-0.2, 0) is 4.74 Å². The third-order valence-corrected chi connectivity index (χ3v) is 3.57. The van der Waals surface area contributed by atoms with Crippen LogP contribution in [0.3, 0.4) is 0 Å². The molecule has 1 amide bonds. The molecule has 0 N–H and O–H groups in total. The number of benzene rings is 2. The van der Waals surface area contributed by atoms with Gasteiger partial charge in [-0.15, -0.1) is 0 Å². The van der Waals surface area contributed by atoms with Crippen LogP contribution in [0, 0.1) is 0 Å². The molecular formula is C17H16ClNO3. The molecule has 1 heterocycles. The van der Waals surface area contributed by atoms with E-state index in [-0.39, 0.29) is 6.09 Å². The van der Waals surface area contributed by atoms with Crippen molar-refractivity contribution in [1.82, 2.24) is 0 Å².